The molecule has 2 aliphatic heterocycles. The number of rotatable bonds is 2. The van der Waals surface area contributed by atoms with Crippen LogP contribution in [0.5, 0.6) is 0 Å². The summed E-state index contributed by atoms with van der Waals surface area (Å²) in [7, 11) is 0. The lowest BCUT2D eigenvalue weighted by Gasteiger charge is -2.09. The van der Waals surface area contributed by atoms with Gasteiger partial charge in [0.2, 0.25) is 0 Å². The van der Waals surface area contributed by atoms with Crippen LogP contribution in [0.25, 0.3) is 0 Å². The predicted octanol–water partition coefficient (Wildman–Crippen LogP) is 2.02. The van der Waals surface area contributed by atoms with E-state index in [-0.39, 0.29) is 12.1 Å². The van der Waals surface area contributed by atoms with Crippen molar-refractivity contribution in [3.8, 4) is 0 Å². The highest BCUT2D eigenvalue weighted by Gasteiger charge is 2.35. The molecule has 0 radical (unpaired) electrons. The van der Waals surface area contributed by atoms with Gasteiger partial charge in [0, 0.05) is 19.5 Å². The monoisotopic (exact) mass is 270 g/mol. The molecule has 0 spiro atoms. The number of aliphatic imine (C=N–C) groups is 1. The molecule has 1 aromatic carbocycles. The molecule has 2 heterocycles. The normalized spacial score (nSPS) is 25.9. The van der Waals surface area contributed by atoms with Crippen molar-refractivity contribution < 1.29 is 17.9 Å². The first-order valence-corrected chi connectivity index (χ1v) is 6.12. The second kappa shape index (κ2) is 4.52. The van der Waals surface area contributed by atoms with Gasteiger partial charge in [-0.15, -0.1) is 0 Å². The first-order valence-electron chi connectivity index (χ1n) is 6.12. The summed E-state index contributed by atoms with van der Waals surface area (Å²) in [6, 6.07) is 5.28. The molecule has 0 amide bonds. The Morgan fingerprint density at radius 3 is 2.58 bits per heavy atom. The lowest BCUT2D eigenvalue weighted by molar-refractivity contribution is -0.137. The molecule has 19 heavy (non-hydrogen) atoms. The highest BCUT2D eigenvalue weighted by molar-refractivity contribution is 5.80. The van der Waals surface area contributed by atoms with Crippen LogP contribution in [0.15, 0.2) is 29.3 Å². The second-order valence-electron chi connectivity index (χ2n) is 4.78. The highest BCUT2D eigenvalue weighted by Crippen LogP contribution is 2.29. The van der Waals surface area contributed by atoms with E-state index in [9.17, 15) is 13.2 Å². The first kappa shape index (κ1) is 12.5. The maximum Gasteiger partial charge on any atom is 0.416 e. The summed E-state index contributed by atoms with van der Waals surface area (Å²) < 4.78 is 42.9. The van der Waals surface area contributed by atoms with Crippen molar-refractivity contribution in [1.82, 2.24) is 5.32 Å². The van der Waals surface area contributed by atoms with Crippen molar-refractivity contribution in [2.24, 2.45) is 4.99 Å². The van der Waals surface area contributed by atoms with Crippen LogP contribution in [0, 0.1) is 0 Å². The van der Waals surface area contributed by atoms with Gasteiger partial charge in [-0.05, 0) is 17.7 Å². The average Bonchev–Trinajstić information content (AvgIpc) is 2.89. The minimum Gasteiger partial charge on any atom is -0.474 e. The summed E-state index contributed by atoms with van der Waals surface area (Å²) >= 11 is 0. The van der Waals surface area contributed by atoms with Gasteiger partial charge in [-0.1, -0.05) is 12.1 Å². The Bertz CT molecular complexity index is 496. The van der Waals surface area contributed by atoms with Gasteiger partial charge >= 0.3 is 6.18 Å². The molecule has 0 bridgehead atoms. The Morgan fingerprint density at radius 2 is 1.95 bits per heavy atom. The molecule has 3 rings (SSSR count). The molecule has 1 saturated heterocycles. The molecule has 0 aromatic heterocycles. The SMILES string of the molecule is FC(F)(F)c1ccc(CC2=NC3CNCC3O2)cc1. The van der Waals surface area contributed by atoms with Crippen molar-refractivity contribution >= 4 is 5.90 Å². The Hall–Kier alpha value is -1.56. The number of nitrogens with zero attached hydrogens (tertiary/aromatic N) is 1. The van der Waals surface area contributed by atoms with Crippen molar-refractivity contribution in [2.45, 2.75) is 24.7 Å². The Balaban J connectivity index is 1.68. The van der Waals surface area contributed by atoms with Crippen LogP contribution in [-0.4, -0.2) is 31.1 Å². The van der Waals surface area contributed by atoms with E-state index in [2.05, 4.69) is 10.3 Å². The van der Waals surface area contributed by atoms with Crippen molar-refractivity contribution in [1.29, 1.82) is 0 Å². The lowest BCUT2D eigenvalue weighted by Crippen LogP contribution is -2.20. The van der Waals surface area contributed by atoms with Crippen LogP contribution < -0.4 is 5.32 Å². The number of hydrogen-bond donors (Lipinski definition) is 1. The maximum atomic E-state index is 12.4. The van der Waals surface area contributed by atoms with E-state index in [1.807, 2.05) is 0 Å². The fourth-order valence-corrected chi connectivity index (χ4v) is 2.35. The molecule has 1 fully saturated rings. The van der Waals surface area contributed by atoms with E-state index in [1.165, 1.54) is 12.1 Å². The summed E-state index contributed by atoms with van der Waals surface area (Å²) in [5, 5.41) is 3.18. The van der Waals surface area contributed by atoms with Gasteiger partial charge in [0.05, 0.1) is 5.56 Å². The molecule has 102 valence electrons. The predicted molar refractivity (Wildman–Crippen MR) is 64.1 cm³/mol. The Labute approximate surface area is 108 Å². The third-order valence-electron chi connectivity index (χ3n) is 3.36. The number of benzene rings is 1. The zero-order valence-corrected chi connectivity index (χ0v) is 10.1. The van der Waals surface area contributed by atoms with Gasteiger partial charge in [0.25, 0.3) is 0 Å². The van der Waals surface area contributed by atoms with E-state index in [4.69, 9.17) is 4.74 Å². The number of alkyl halides is 3. The van der Waals surface area contributed by atoms with E-state index in [0.717, 1.165) is 30.8 Å². The zero-order valence-electron chi connectivity index (χ0n) is 10.1. The molecular weight excluding hydrogens is 257 g/mol. The van der Waals surface area contributed by atoms with Crippen LogP contribution >= 0.6 is 0 Å². The quantitative estimate of drug-likeness (QED) is 0.892. The van der Waals surface area contributed by atoms with Crippen LogP contribution in [-0.2, 0) is 17.3 Å². The number of ether oxygens (including phenoxy) is 1. The average molecular weight is 270 g/mol. The van der Waals surface area contributed by atoms with Crippen LogP contribution in [0.3, 0.4) is 0 Å². The third kappa shape index (κ3) is 2.58. The highest BCUT2D eigenvalue weighted by atomic mass is 19.4. The number of nitrogens with one attached hydrogen (secondary N) is 1. The summed E-state index contributed by atoms with van der Waals surface area (Å²) in [5.74, 6) is 0.622. The topological polar surface area (TPSA) is 33.6 Å². The van der Waals surface area contributed by atoms with E-state index < -0.39 is 11.7 Å². The fourth-order valence-electron chi connectivity index (χ4n) is 2.35. The molecule has 6 heteroatoms. The summed E-state index contributed by atoms with van der Waals surface area (Å²) in [5.41, 5.74) is 0.145. The molecule has 2 aliphatic rings. The van der Waals surface area contributed by atoms with Gasteiger partial charge in [-0.2, -0.15) is 13.2 Å². The number of halogens is 3. The molecule has 2 atom stereocenters. The number of hydrogen-bond acceptors (Lipinski definition) is 3. The van der Waals surface area contributed by atoms with Gasteiger partial charge in [-0.25, -0.2) is 4.99 Å². The van der Waals surface area contributed by atoms with Gasteiger partial charge in [0.15, 0.2) is 5.90 Å². The molecule has 3 nitrogen and oxygen atoms in total. The molecular formula is C13H13F3N2O. The molecule has 0 aliphatic carbocycles. The van der Waals surface area contributed by atoms with Crippen LogP contribution in [0.2, 0.25) is 0 Å². The minimum atomic E-state index is -4.29. The lowest BCUT2D eigenvalue weighted by atomic mass is 10.1. The van der Waals surface area contributed by atoms with Gasteiger partial charge in [-0.3, -0.25) is 0 Å². The smallest absolute Gasteiger partial charge is 0.416 e. The molecule has 1 N–H and O–H groups in total. The van der Waals surface area contributed by atoms with E-state index in [1.54, 1.807) is 0 Å². The summed E-state index contributed by atoms with van der Waals surface area (Å²) in [4.78, 5) is 4.43. The van der Waals surface area contributed by atoms with Crippen LogP contribution in [0.1, 0.15) is 11.1 Å². The zero-order chi connectivity index (χ0) is 13.5. The fraction of sp³-hybridized carbons (Fsp3) is 0.462. The minimum absolute atomic E-state index is 0.0875. The number of fused-ring (bicyclic) bond motifs is 1. The van der Waals surface area contributed by atoms with Gasteiger partial charge < -0.3 is 10.1 Å². The first-order chi connectivity index (χ1) is 9.02. The molecule has 0 saturated carbocycles. The Kier molecular flexibility index (Phi) is 2.97. The van der Waals surface area contributed by atoms with E-state index in [0.29, 0.717) is 12.3 Å². The van der Waals surface area contributed by atoms with Gasteiger partial charge in [0.1, 0.15) is 12.1 Å². The molecule has 2 unspecified atom stereocenters. The molecule has 1 aromatic rings. The second-order valence-corrected chi connectivity index (χ2v) is 4.78. The van der Waals surface area contributed by atoms with E-state index >= 15 is 0 Å². The maximum absolute atomic E-state index is 12.4. The third-order valence-corrected chi connectivity index (χ3v) is 3.36. The van der Waals surface area contributed by atoms with Crippen molar-refractivity contribution in [3.63, 3.8) is 0 Å². The summed E-state index contributed by atoms with van der Waals surface area (Å²) in [6.45, 7) is 1.59. The standard InChI is InChI=1S/C13H13F3N2O/c14-13(15,16)9-3-1-8(2-4-9)5-12-18-10-6-17-7-11(10)19-12/h1-4,10-11,17H,5-7H2. The van der Waals surface area contributed by atoms with Crippen molar-refractivity contribution in [3.05, 3.63) is 35.4 Å². The largest absolute Gasteiger partial charge is 0.474 e. The summed E-state index contributed by atoms with van der Waals surface area (Å²) in [6.07, 6.45) is -3.75. The van der Waals surface area contributed by atoms with Crippen molar-refractivity contribution in [2.75, 3.05) is 13.1 Å². The Morgan fingerprint density at radius 1 is 1.21 bits per heavy atom. The van der Waals surface area contributed by atoms with Crippen LogP contribution in [0.4, 0.5) is 13.2 Å².